The molecule has 1 N–H and O–H groups in total. The summed E-state index contributed by atoms with van der Waals surface area (Å²) in [7, 11) is 0. The molecule has 2 aliphatic carbocycles. The van der Waals surface area contributed by atoms with Crippen molar-refractivity contribution in [3.63, 3.8) is 0 Å². The Hall–Kier alpha value is -0.0800. The van der Waals surface area contributed by atoms with E-state index in [1.807, 2.05) is 0 Å². The van der Waals surface area contributed by atoms with E-state index in [0.29, 0.717) is 0 Å². The zero-order valence-electron chi connectivity index (χ0n) is 12.8. The molecule has 0 amide bonds. The Morgan fingerprint density at radius 2 is 1.67 bits per heavy atom. The van der Waals surface area contributed by atoms with Crippen LogP contribution in [0.4, 0.5) is 0 Å². The second-order valence-electron chi connectivity index (χ2n) is 7.23. The Morgan fingerprint density at radius 1 is 1.00 bits per heavy atom. The molecule has 0 aromatic heterocycles. The lowest BCUT2D eigenvalue weighted by atomic mass is 10.0. The first kappa shape index (κ1) is 14.3. The van der Waals surface area contributed by atoms with Crippen molar-refractivity contribution >= 4 is 0 Å². The predicted octanol–water partition coefficient (Wildman–Crippen LogP) is 3.13. The fourth-order valence-electron chi connectivity index (χ4n) is 2.82. The summed E-state index contributed by atoms with van der Waals surface area (Å²) in [6, 6.07) is 1.66. The van der Waals surface area contributed by atoms with E-state index in [4.69, 9.17) is 0 Å². The number of nitrogens with one attached hydrogen (secondary N) is 1. The average molecular weight is 252 g/mol. The summed E-state index contributed by atoms with van der Waals surface area (Å²) in [6.07, 6.45) is 5.85. The summed E-state index contributed by atoms with van der Waals surface area (Å²) >= 11 is 0. The molecule has 106 valence electrons. The van der Waals surface area contributed by atoms with Gasteiger partial charge < -0.3 is 5.32 Å². The molecule has 2 rings (SSSR count). The van der Waals surface area contributed by atoms with Crippen LogP contribution in [0.3, 0.4) is 0 Å². The Kier molecular flexibility index (Phi) is 5.08. The first-order valence-electron chi connectivity index (χ1n) is 8.04. The van der Waals surface area contributed by atoms with Gasteiger partial charge in [0, 0.05) is 25.2 Å². The smallest absolute Gasteiger partial charge is 0.0246 e. The zero-order valence-corrected chi connectivity index (χ0v) is 12.8. The van der Waals surface area contributed by atoms with Gasteiger partial charge in [-0.3, -0.25) is 4.90 Å². The van der Waals surface area contributed by atoms with Gasteiger partial charge in [0.05, 0.1) is 0 Å². The highest BCUT2D eigenvalue weighted by molar-refractivity contribution is 4.93. The van der Waals surface area contributed by atoms with Crippen LogP contribution in [0.1, 0.15) is 53.4 Å². The molecule has 2 aliphatic rings. The molecule has 2 heteroatoms. The Bertz CT molecular complexity index is 241. The summed E-state index contributed by atoms with van der Waals surface area (Å²) in [5.74, 6) is 2.55. The van der Waals surface area contributed by atoms with Gasteiger partial charge in [-0.2, -0.15) is 0 Å². The summed E-state index contributed by atoms with van der Waals surface area (Å²) in [5.41, 5.74) is 0. The average Bonchev–Trinajstić information content (AvgIpc) is 3.14. The van der Waals surface area contributed by atoms with Crippen LogP contribution in [0, 0.1) is 17.8 Å². The molecule has 0 aromatic carbocycles. The third-order valence-corrected chi connectivity index (χ3v) is 4.28. The van der Waals surface area contributed by atoms with E-state index in [1.54, 1.807) is 0 Å². The molecule has 0 radical (unpaired) electrons. The van der Waals surface area contributed by atoms with Crippen molar-refractivity contribution in [2.45, 2.75) is 65.5 Å². The van der Waals surface area contributed by atoms with Gasteiger partial charge in [-0.25, -0.2) is 0 Å². The summed E-state index contributed by atoms with van der Waals surface area (Å²) in [5, 5.41) is 3.68. The molecule has 1 atom stereocenters. The van der Waals surface area contributed by atoms with E-state index in [1.165, 1.54) is 38.8 Å². The summed E-state index contributed by atoms with van der Waals surface area (Å²) in [4.78, 5) is 2.84. The van der Waals surface area contributed by atoms with Gasteiger partial charge >= 0.3 is 0 Å². The highest BCUT2D eigenvalue weighted by Crippen LogP contribution is 2.37. The number of rotatable bonds is 9. The van der Waals surface area contributed by atoms with E-state index in [-0.39, 0.29) is 0 Å². The highest BCUT2D eigenvalue weighted by Gasteiger charge is 2.38. The number of nitrogens with zero attached hydrogens (tertiary/aromatic N) is 1. The first-order chi connectivity index (χ1) is 8.58. The SMILES string of the molecule is CC(C)CNCC(C(C)C)N(CC1CC1)C1CC1. The summed E-state index contributed by atoms with van der Waals surface area (Å²) < 4.78 is 0. The van der Waals surface area contributed by atoms with Gasteiger partial charge in [0.25, 0.3) is 0 Å². The molecule has 2 nitrogen and oxygen atoms in total. The van der Waals surface area contributed by atoms with Gasteiger partial charge in [0.1, 0.15) is 0 Å². The Labute approximate surface area is 114 Å². The monoisotopic (exact) mass is 252 g/mol. The van der Waals surface area contributed by atoms with Crippen molar-refractivity contribution in [3.05, 3.63) is 0 Å². The predicted molar refractivity (Wildman–Crippen MR) is 78.8 cm³/mol. The molecule has 0 aliphatic heterocycles. The molecule has 0 aromatic rings. The van der Waals surface area contributed by atoms with Crippen LogP contribution in [0.15, 0.2) is 0 Å². The Morgan fingerprint density at radius 3 is 2.11 bits per heavy atom. The maximum atomic E-state index is 3.68. The maximum Gasteiger partial charge on any atom is 0.0246 e. The molecular formula is C16H32N2. The molecule has 18 heavy (non-hydrogen) atoms. The van der Waals surface area contributed by atoms with E-state index >= 15 is 0 Å². The van der Waals surface area contributed by atoms with Crippen LogP contribution in [0.25, 0.3) is 0 Å². The lowest BCUT2D eigenvalue weighted by Crippen LogP contribution is -2.48. The molecule has 0 spiro atoms. The van der Waals surface area contributed by atoms with Gasteiger partial charge in [-0.05, 0) is 50.0 Å². The molecule has 0 bridgehead atoms. The van der Waals surface area contributed by atoms with Gasteiger partial charge in [0.2, 0.25) is 0 Å². The van der Waals surface area contributed by atoms with Crippen LogP contribution in [0.2, 0.25) is 0 Å². The second-order valence-corrected chi connectivity index (χ2v) is 7.23. The minimum absolute atomic E-state index is 0.747. The quantitative estimate of drug-likeness (QED) is 0.678. The normalized spacial score (nSPS) is 22.2. The third kappa shape index (κ3) is 4.55. The maximum absolute atomic E-state index is 3.68. The number of hydrogen-bond donors (Lipinski definition) is 1. The topological polar surface area (TPSA) is 15.3 Å². The van der Waals surface area contributed by atoms with Crippen LogP contribution in [-0.2, 0) is 0 Å². The highest BCUT2D eigenvalue weighted by atomic mass is 15.2. The third-order valence-electron chi connectivity index (χ3n) is 4.28. The van der Waals surface area contributed by atoms with E-state index in [9.17, 15) is 0 Å². The standard InChI is InChI=1S/C16H32N2/c1-12(2)9-17-10-16(13(3)4)18(15-7-8-15)11-14-5-6-14/h12-17H,5-11H2,1-4H3. The minimum Gasteiger partial charge on any atom is -0.315 e. The van der Waals surface area contributed by atoms with Crippen molar-refractivity contribution in [2.75, 3.05) is 19.6 Å². The zero-order chi connectivity index (χ0) is 13.1. The lowest BCUT2D eigenvalue weighted by Gasteiger charge is -2.35. The Balaban J connectivity index is 1.84. The summed E-state index contributed by atoms with van der Waals surface area (Å²) in [6.45, 7) is 13.1. The molecule has 2 saturated carbocycles. The minimum atomic E-state index is 0.747. The van der Waals surface area contributed by atoms with Crippen molar-refractivity contribution in [2.24, 2.45) is 17.8 Å². The largest absolute Gasteiger partial charge is 0.315 e. The van der Waals surface area contributed by atoms with Crippen LogP contribution in [0.5, 0.6) is 0 Å². The molecule has 2 fully saturated rings. The van der Waals surface area contributed by atoms with E-state index in [2.05, 4.69) is 37.9 Å². The molecular weight excluding hydrogens is 220 g/mol. The number of hydrogen-bond acceptors (Lipinski definition) is 2. The van der Waals surface area contributed by atoms with Gasteiger partial charge in [0.15, 0.2) is 0 Å². The van der Waals surface area contributed by atoms with Crippen molar-refractivity contribution in [1.29, 1.82) is 0 Å². The van der Waals surface area contributed by atoms with E-state index < -0.39 is 0 Å². The molecule has 0 saturated heterocycles. The lowest BCUT2D eigenvalue weighted by molar-refractivity contribution is 0.135. The molecule has 1 unspecified atom stereocenters. The fraction of sp³-hybridized carbons (Fsp3) is 1.00. The van der Waals surface area contributed by atoms with Crippen LogP contribution in [-0.4, -0.2) is 36.6 Å². The van der Waals surface area contributed by atoms with Gasteiger partial charge in [-0.1, -0.05) is 27.7 Å². The van der Waals surface area contributed by atoms with Crippen molar-refractivity contribution in [1.82, 2.24) is 10.2 Å². The van der Waals surface area contributed by atoms with Crippen molar-refractivity contribution < 1.29 is 0 Å². The fourth-order valence-corrected chi connectivity index (χ4v) is 2.82. The first-order valence-corrected chi connectivity index (χ1v) is 8.04. The van der Waals surface area contributed by atoms with Crippen LogP contribution >= 0.6 is 0 Å². The second kappa shape index (κ2) is 6.38. The van der Waals surface area contributed by atoms with E-state index in [0.717, 1.165) is 36.4 Å². The molecule has 0 heterocycles. The van der Waals surface area contributed by atoms with Gasteiger partial charge in [-0.15, -0.1) is 0 Å². The van der Waals surface area contributed by atoms with Crippen LogP contribution < -0.4 is 5.32 Å². The van der Waals surface area contributed by atoms with Crippen molar-refractivity contribution in [3.8, 4) is 0 Å².